The quantitative estimate of drug-likeness (QED) is 0.589. The number of rotatable bonds is 4. The third-order valence-corrected chi connectivity index (χ3v) is 7.32. The maximum Gasteiger partial charge on any atom is 0.331 e. The van der Waals surface area contributed by atoms with Crippen LogP contribution in [-0.4, -0.2) is 47.9 Å². The molecule has 2 aliphatic heterocycles. The second kappa shape index (κ2) is 8.32. The fraction of sp³-hybridized carbons (Fsp3) is 0.560. The molecule has 1 aromatic carbocycles. The number of hydrogen-bond donors (Lipinski definition) is 1. The average Bonchev–Trinajstić information content (AvgIpc) is 3.10. The minimum Gasteiger partial charge on any atom is -0.466 e. The van der Waals surface area contributed by atoms with Gasteiger partial charge in [0.1, 0.15) is 11.8 Å². The van der Waals surface area contributed by atoms with Crippen LogP contribution in [0, 0.1) is 5.41 Å². The zero-order valence-electron chi connectivity index (χ0n) is 19.1. The summed E-state index contributed by atoms with van der Waals surface area (Å²) in [4.78, 5) is 13.8. The summed E-state index contributed by atoms with van der Waals surface area (Å²) >= 11 is 0. The first kappa shape index (κ1) is 21.9. The monoisotopic (exact) mass is 426 g/mol. The summed E-state index contributed by atoms with van der Waals surface area (Å²) < 4.78 is 13.1. The standard InChI is InChI=1S/C25H34N2O4/c1-5-25-13-8-14-26(16-12-21(28)30-3)15-11-19-18-9-6-7-10-20(18)27(24(2,29)17-25)22(19)23(25)31-4/h6-7,9-10,12,16,23,29H,5,8,11,13-15,17H2,1-4H3/b16-12+. The first-order chi connectivity index (χ1) is 14.9. The molecule has 6 heteroatoms. The van der Waals surface area contributed by atoms with Gasteiger partial charge in [0, 0.05) is 49.7 Å². The summed E-state index contributed by atoms with van der Waals surface area (Å²) in [7, 11) is 3.20. The molecule has 168 valence electrons. The molecule has 0 saturated carbocycles. The molecule has 3 unspecified atom stereocenters. The smallest absolute Gasteiger partial charge is 0.331 e. The fourth-order valence-electron chi connectivity index (χ4n) is 5.97. The molecule has 1 aromatic heterocycles. The van der Waals surface area contributed by atoms with E-state index in [-0.39, 0.29) is 17.5 Å². The van der Waals surface area contributed by atoms with Crippen LogP contribution >= 0.6 is 0 Å². The molecular weight excluding hydrogens is 392 g/mol. The van der Waals surface area contributed by atoms with Crippen molar-refractivity contribution in [3.05, 3.63) is 47.8 Å². The number of carbonyl (C=O) groups excluding carboxylic acids is 1. The van der Waals surface area contributed by atoms with Crippen molar-refractivity contribution < 1.29 is 19.4 Å². The summed E-state index contributed by atoms with van der Waals surface area (Å²) in [6.07, 6.45) is 7.60. The molecule has 3 atom stereocenters. The van der Waals surface area contributed by atoms with E-state index >= 15 is 0 Å². The van der Waals surface area contributed by atoms with Gasteiger partial charge in [-0.25, -0.2) is 4.79 Å². The zero-order chi connectivity index (χ0) is 22.2. The Bertz CT molecular complexity index is 993. The Balaban J connectivity index is 1.89. The summed E-state index contributed by atoms with van der Waals surface area (Å²) in [5.74, 6) is -0.339. The predicted molar refractivity (Wildman–Crippen MR) is 121 cm³/mol. The number of hydrogen-bond acceptors (Lipinski definition) is 5. The molecule has 0 fully saturated rings. The predicted octanol–water partition coefficient (Wildman–Crippen LogP) is 4.12. The van der Waals surface area contributed by atoms with E-state index in [0.717, 1.165) is 50.0 Å². The Morgan fingerprint density at radius 2 is 2.06 bits per heavy atom. The molecule has 1 N–H and O–H groups in total. The highest BCUT2D eigenvalue weighted by Crippen LogP contribution is 2.56. The Morgan fingerprint density at radius 3 is 2.77 bits per heavy atom. The maximum atomic E-state index is 11.7. The lowest BCUT2D eigenvalue weighted by atomic mass is 9.66. The van der Waals surface area contributed by atoms with Crippen molar-refractivity contribution >= 4 is 16.9 Å². The van der Waals surface area contributed by atoms with E-state index in [1.54, 1.807) is 7.11 Å². The molecule has 6 nitrogen and oxygen atoms in total. The number of aromatic nitrogens is 1. The van der Waals surface area contributed by atoms with Gasteiger partial charge in [0.25, 0.3) is 0 Å². The fourth-order valence-corrected chi connectivity index (χ4v) is 5.97. The van der Waals surface area contributed by atoms with Gasteiger partial charge in [-0.3, -0.25) is 0 Å². The van der Waals surface area contributed by atoms with Crippen molar-refractivity contribution in [2.24, 2.45) is 5.41 Å². The maximum absolute atomic E-state index is 11.7. The van der Waals surface area contributed by atoms with E-state index in [9.17, 15) is 9.90 Å². The van der Waals surface area contributed by atoms with E-state index in [1.165, 1.54) is 24.1 Å². The molecule has 0 spiro atoms. The van der Waals surface area contributed by atoms with Crippen LogP contribution < -0.4 is 0 Å². The van der Waals surface area contributed by atoms with E-state index in [2.05, 4.69) is 34.6 Å². The van der Waals surface area contributed by atoms with Crippen LogP contribution in [0.1, 0.15) is 56.9 Å². The number of fused-ring (bicyclic) bond motifs is 4. The third kappa shape index (κ3) is 3.66. The number of esters is 1. The minimum absolute atomic E-state index is 0.0581. The van der Waals surface area contributed by atoms with Gasteiger partial charge in [-0.15, -0.1) is 0 Å². The van der Waals surface area contributed by atoms with Crippen LogP contribution in [0.25, 0.3) is 10.9 Å². The average molecular weight is 427 g/mol. The highest BCUT2D eigenvalue weighted by Gasteiger charge is 2.51. The van der Waals surface area contributed by atoms with Gasteiger partial charge in [0.2, 0.25) is 0 Å². The van der Waals surface area contributed by atoms with Crippen molar-refractivity contribution in [2.45, 2.75) is 57.8 Å². The molecule has 31 heavy (non-hydrogen) atoms. The minimum atomic E-state index is -0.970. The van der Waals surface area contributed by atoms with Gasteiger partial charge in [0.15, 0.2) is 0 Å². The Hall–Kier alpha value is -2.31. The normalized spacial score (nSPS) is 28.8. The lowest BCUT2D eigenvalue weighted by molar-refractivity contribution is -0.144. The molecule has 2 aliphatic rings. The van der Waals surface area contributed by atoms with Gasteiger partial charge >= 0.3 is 5.97 Å². The van der Waals surface area contributed by atoms with Gasteiger partial charge in [-0.1, -0.05) is 25.1 Å². The summed E-state index contributed by atoms with van der Waals surface area (Å²) in [5.41, 5.74) is 2.29. The molecule has 3 heterocycles. The lowest BCUT2D eigenvalue weighted by Gasteiger charge is -2.50. The molecule has 4 rings (SSSR count). The zero-order valence-corrected chi connectivity index (χ0v) is 19.1. The van der Waals surface area contributed by atoms with Crippen LogP contribution in [-0.2, 0) is 26.4 Å². The van der Waals surface area contributed by atoms with Gasteiger partial charge in [-0.05, 0) is 44.2 Å². The molecular formula is C25H34N2O4. The molecule has 0 aliphatic carbocycles. The molecule has 0 saturated heterocycles. The Kier molecular flexibility index (Phi) is 5.88. The van der Waals surface area contributed by atoms with Crippen LogP contribution in [0.2, 0.25) is 0 Å². The van der Waals surface area contributed by atoms with E-state index < -0.39 is 5.72 Å². The topological polar surface area (TPSA) is 63.9 Å². The number of ether oxygens (including phenoxy) is 2. The number of para-hydroxylation sites is 1. The van der Waals surface area contributed by atoms with Crippen LogP contribution in [0.15, 0.2) is 36.5 Å². The van der Waals surface area contributed by atoms with Crippen LogP contribution in [0.5, 0.6) is 0 Å². The highest BCUT2D eigenvalue weighted by atomic mass is 16.5. The molecule has 0 amide bonds. The Labute approximate surface area is 184 Å². The van der Waals surface area contributed by atoms with Crippen molar-refractivity contribution in [2.75, 3.05) is 27.3 Å². The SMILES string of the molecule is CCC12CCCN(/C=C/C(=O)OC)CCc3c(n(c4ccccc34)C(C)(O)C1)C2OC. The first-order valence-electron chi connectivity index (χ1n) is 11.2. The summed E-state index contributed by atoms with van der Waals surface area (Å²) in [5, 5.41) is 12.9. The molecule has 2 aromatic rings. The second-order valence-corrected chi connectivity index (χ2v) is 9.17. The number of benzene rings is 1. The van der Waals surface area contributed by atoms with Crippen molar-refractivity contribution in [3.63, 3.8) is 0 Å². The van der Waals surface area contributed by atoms with Gasteiger partial charge < -0.3 is 24.0 Å². The van der Waals surface area contributed by atoms with Crippen molar-refractivity contribution in [1.29, 1.82) is 0 Å². The van der Waals surface area contributed by atoms with Crippen molar-refractivity contribution in [3.8, 4) is 0 Å². The Morgan fingerprint density at radius 1 is 1.29 bits per heavy atom. The van der Waals surface area contributed by atoms with Crippen molar-refractivity contribution in [1.82, 2.24) is 9.47 Å². The number of nitrogens with zero attached hydrogens (tertiary/aromatic N) is 2. The lowest BCUT2D eigenvalue weighted by Crippen LogP contribution is -2.48. The van der Waals surface area contributed by atoms with Crippen LogP contribution in [0.3, 0.4) is 0 Å². The number of aliphatic hydroxyl groups is 1. The highest BCUT2D eigenvalue weighted by molar-refractivity contribution is 5.86. The number of carbonyl (C=O) groups is 1. The van der Waals surface area contributed by atoms with E-state index in [0.29, 0.717) is 6.42 Å². The number of methoxy groups -OCH3 is 2. The third-order valence-electron chi connectivity index (χ3n) is 7.32. The van der Waals surface area contributed by atoms with Gasteiger partial charge in [0.05, 0.1) is 18.3 Å². The second-order valence-electron chi connectivity index (χ2n) is 9.17. The van der Waals surface area contributed by atoms with Gasteiger partial charge in [-0.2, -0.15) is 0 Å². The first-order valence-corrected chi connectivity index (χ1v) is 11.2. The summed E-state index contributed by atoms with van der Waals surface area (Å²) in [6.45, 7) is 5.79. The van der Waals surface area contributed by atoms with E-state index in [1.807, 2.05) is 19.2 Å². The van der Waals surface area contributed by atoms with Crippen LogP contribution in [0.4, 0.5) is 0 Å². The van der Waals surface area contributed by atoms with E-state index in [4.69, 9.17) is 9.47 Å². The molecule has 0 radical (unpaired) electrons. The largest absolute Gasteiger partial charge is 0.466 e. The summed E-state index contributed by atoms with van der Waals surface area (Å²) in [6, 6.07) is 8.33. The molecule has 2 bridgehead atoms.